The number of hydrogen-bond donors (Lipinski definition) is 1. The number of aliphatic carboxylic acids is 1. The van der Waals surface area contributed by atoms with Crippen LogP contribution in [0.25, 0.3) is 6.08 Å². The Kier molecular flexibility index (Phi) is 5.63. The van der Waals surface area contributed by atoms with Gasteiger partial charge in [0.2, 0.25) is 0 Å². The van der Waals surface area contributed by atoms with Gasteiger partial charge in [0.05, 0.1) is 0 Å². The van der Waals surface area contributed by atoms with Crippen LogP contribution in [0.15, 0.2) is 36.4 Å². The van der Waals surface area contributed by atoms with Crippen LogP contribution in [0.5, 0.6) is 0 Å². The van der Waals surface area contributed by atoms with Crippen LogP contribution >= 0.6 is 0 Å². The molecule has 0 aliphatic heterocycles. The Labute approximate surface area is 91.4 Å². The molecule has 0 fully saturated rings. The van der Waals surface area contributed by atoms with Crippen molar-refractivity contribution in [2.75, 3.05) is 0 Å². The molecule has 0 atom stereocenters. The summed E-state index contributed by atoms with van der Waals surface area (Å²) < 4.78 is 0. The fraction of sp³-hybridized carbons (Fsp3) is 0. The Morgan fingerprint density at radius 2 is 1.83 bits per heavy atom. The molecule has 1 aromatic carbocycles. The maximum Gasteiger partial charge on any atom is 0.328 e. The van der Waals surface area contributed by atoms with Crippen LogP contribution in [-0.4, -0.2) is 11.1 Å². The fourth-order valence-electron chi connectivity index (χ4n) is 0.732. The smallest absolute Gasteiger partial charge is 0.328 e. The van der Waals surface area contributed by atoms with E-state index in [4.69, 9.17) is 5.11 Å². The van der Waals surface area contributed by atoms with E-state index in [0.29, 0.717) is 0 Å². The van der Waals surface area contributed by atoms with Gasteiger partial charge in [0.15, 0.2) is 0 Å². The largest absolute Gasteiger partial charge is 0.478 e. The summed E-state index contributed by atoms with van der Waals surface area (Å²) in [6.45, 7) is 0. The molecule has 0 aliphatic carbocycles. The Morgan fingerprint density at radius 3 is 2.33 bits per heavy atom. The zero-order valence-corrected chi connectivity index (χ0v) is 12.1. The molecule has 1 rings (SSSR count). The van der Waals surface area contributed by atoms with Crippen LogP contribution in [0.4, 0.5) is 0 Å². The molecular weight excluding hydrogens is 341 g/mol. The van der Waals surface area contributed by atoms with Gasteiger partial charge < -0.3 is 5.11 Å². The van der Waals surface area contributed by atoms with Crippen LogP contribution in [0.1, 0.15) is 5.56 Å². The average Bonchev–Trinajstić information content (AvgIpc) is 2.03. The predicted octanol–water partition coefficient (Wildman–Crippen LogP) is 1.78. The van der Waals surface area contributed by atoms with Crippen LogP contribution in [0.3, 0.4) is 0 Å². The van der Waals surface area contributed by atoms with Gasteiger partial charge in [-0.25, -0.2) is 4.79 Å². The summed E-state index contributed by atoms with van der Waals surface area (Å²) in [6.07, 6.45) is 2.68. The van der Waals surface area contributed by atoms with Gasteiger partial charge in [-0.15, -0.1) is 0 Å². The van der Waals surface area contributed by atoms with E-state index in [1.165, 1.54) is 0 Å². The summed E-state index contributed by atoms with van der Waals surface area (Å²) in [5.74, 6) is -0.922. The zero-order chi connectivity index (χ0) is 8.10. The van der Waals surface area contributed by atoms with Gasteiger partial charge in [-0.2, -0.15) is 0 Å². The van der Waals surface area contributed by atoms with E-state index < -0.39 is 5.97 Å². The Morgan fingerprint density at radius 1 is 1.25 bits per heavy atom. The number of benzene rings is 1. The molecule has 0 aromatic heterocycles. The normalized spacial score (nSPS) is 9.33. The standard InChI is InChI=1S/C9H8O2.Hg/c10-9(11)7-6-8-4-2-1-3-5-8;/h1-7H,(H,10,11);/b7-6+;. The summed E-state index contributed by atoms with van der Waals surface area (Å²) >= 11 is 0. The molecule has 0 unspecified atom stereocenters. The van der Waals surface area contributed by atoms with Crippen LogP contribution < -0.4 is 0 Å². The van der Waals surface area contributed by atoms with Crippen molar-refractivity contribution in [2.24, 2.45) is 0 Å². The molecule has 0 bridgehead atoms. The maximum absolute atomic E-state index is 10.1. The number of hydrogen-bond acceptors (Lipinski definition) is 1. The summed E-state index contributed by atoms with van der Waals surface area (Å²) in [5, 5.41) is 8.29. The third kappa shape index (κ3) is 4.29. The molecule has 2 nitrogen and oxygen atoms in total. The topological polar surface area (TPSA) is 37.3 Å². The molecule has 0 saturated heterocycles. The Bertz CT molecular complexity index is 267. The van der Waals surface area contributed by atoms with Crippen molar-refractivity contribution < 1.29 is 37.6 Å². The molecular formula is C9H8HgO2. The third-order valence-corrected chi connectivity index (χ3v) is 1.22. The minimum absolute atomic E-state index is 0. The van der Waals surface area contributed by atoms with E-state index in [-0.39, 0.29) is 27.7 Å². The molecule has 58 valence electrons. The van der Waals surface area contributed by atoms with Crippen molar-refractivity contribution in [3.05, 3.63) is 42.0 Å². The minimum atomic E-state index is -0.922. The third-order valence-electron chi connectivity index (χ3n) is 1.22. The van der Waals surface area contributed by atoms with Crippen molar-refractivity contribution in [2.45, 2.75) is 0 Å². The first-order chi connectivity index (χ1) is 5.29. The van der Waals surface area contributed by atoms with Gasteiger partial charge in [0.25, 0.3) is 0 Å². The van der Waals surface area contributed by atoms with E-state index in [2.05, 4.69) is 0 Å². The van der Waals surface area contributed by atoms with Crippen molar-refractivity contribution in [1.29, 1.82) is 0 Å². The molecule has 0 spiro atoms. The molecule has 1 aromatic rings. The molecule has 12 heavy (non-hydrogen) atoms. The molecule has 1 N–H and O–H groups in total. The average molecular weight is 349 g/mol. The summed E-state index contributed by atoms with van der Waals surface area (Å²) in [6, 6.07) is 9.31. The van der Waals surface area contributed by atoms with E-state index >= 15 is 0 Å². The maximum atomic E-state index is 10.1. The monoisotopic (exact) mass is 350 g/mol. The van der Waals surface area contributed by atoms with E-state index in [1.54, 1.807) is 6.08 Å². The molecule has 3 heteroatoms. The van der Waals surface area contributed by atoms with Gasteiger partial charge in [-0.3, -0.25) is 0 Å². The van der Waals surface area contributed by atoms with Crippen molar-refractivity contribution in [3.8, 4) is 0 Å². The molecule has 0 aliphatic rings. The van der Waals surface area contributed by atoms with E-state index in [1.807, 2.05) is 30.3 Å². The van der Waals surface area contributed by atoms with Gasteiger partial charge in [-0.1, -0.05) is 30.3 Å². The van der Waals surface area contributed by atoms with E-state index in [9.17, 15) is 4.79 Å². The quantitative estimate of drug-likeness (QED) is 0.653. The number of carbonyl (C=O) groups is 1. The molecule has 0 heterocycles. The van der Waals surface area contributed by atoms with E-state index in [0.717, 1.165) is 11.6 Å². The van der Waals surface area contributed by atoms with Crippen LogP contribution in [-0.2, 0) is 32.5 Å². The minimum Gasteiger partial charge on any atom is -0.478 e. The molecule has 0 saturated carbocycles. The zero-order valence-electron chi connectivity index (χ0n) is 6.60. The number of rotatable bonds is 2. The first kappa shape index (κ1) is 11.4. The second kappa shape index (κ2) is 5.95. The van der Waals surface area contributed by atoms with Gasteiger partial charge in [-0.05, 0) is 11.6 Å². The second-order valence-electron chi connectivity index (χ2n) is 2.08. The SMILES string of the molecule is O=C(O)/C=C/c1ccccc1.[Hg]. The fourth-order valence-corrected chi connectivity index (χ4v) is 0.732. The van der Waals surface area contributed by atoms with Crippen LogP contribution in [0.2, 0.25) is 0 Å². The van der Waals surface area contributed by atoms with Crippen molar-refractivity contribution in [3.63, 3.8) is 0 Å². The predicted molar refractivity (Wildman–Crippen MR) is 43.1 cm³/mol. The van der Waals surface area contributed by atoms with Crippen molar-refractivity contribution >= 4 is 12.0 Å². The first-order valence-corrected chi connectivity index (χ1v) is 3.25. The van der Waals surface area contributed by atoms with Crippen LogP contribution in [0, 0.1) is 0 Å². The molecule has 0 amide bonds. The van der Waals surface area contributed by atoms with Crippen molar-refractivity contribution in [1.82, 2.24) is 0 Å². The second-order valence-corrected chi connectivity index (χ2v) is 2.08. The summed E-state index contributed by atoms with van der Waals surface area (Å²) in [4.78, 5) is 10.1. The Hall–Kier alpha value is -0.635. The number of carboxylic acids is 1. The Balaban J connectivity index is 0.00000121. The summed E-state index contributed by atoms with van der Waals surface area (Å²) in [5.41, 5.74) is 0.898. The van der Waals surface area contributed by atoms with Gasteiger partial charge in [0.1, 0.15) is 0 Å². The van der Waals surface area contributed by atoms with Gasteiger partial charge >= 0.3 is 5.97 Å². The summed E-state index contributed by atoms with van der Waals surface area (Å²) in [7, 11) is 0. The molecule has 0 radical (unpaired) electrons. The number of carboxylic acid groups (broad SMARTS) is 1. The van der Waals surface area contributed by atoms with Gasteiger partial charge in [0, 0.05) is 33.7 Å². The first-order valence-electron chi connectivity index (χ1n) is 3.25.